The topological polar surface area (TPSA) is 55.1 Å². The van der Waals surface area contributed by atoms with Crippen molar-refractivity contribution < 1.29 is 9.21 Å². The van der Waals surface area contributed by atoms with Crippen LogP contribution >= 0.6 is 0 Å². The average molecular weight is 342 g/mol. The molecule has 0 fully saturated rings. The van der Waals surface area contributed by atoms with Crippen LogP contribution in [0.25, 0.3) is 22.6 Å². The number of hydrogen-bond donors (Lipinski definition) is 1. The largest absolute Gasteiger partial charge is 0.436 e. The average Bonchev–Trinajstić information content (AvgIpc) is 3.06. The van der Waals surface area contributed by atoms with Gasteiger partial charge < -0.3 is 9.73 Å². The number of carbonyl (C=O) groups is 1. The van der Waals surface area contributed by atoms with E-state index in [1.54, 1.807) is 0 Å². The first-order valence-corrected chi connectivity index (χ1v) is 8.44. The maximum atomic E-state index is 12.4. The Morgan fingerprint density at radius 2 is 1.54 bits per heavy atom. The van der Waals surface area contributed by atoms with Gasteiger partial charge in [0.1, 0.15) is 5.52 Å². The van der Waals surface area contributed by atoms with Crippen LogP contribution in [0.15, 0.2) is 71.1 Å². The number of fused-ring (bicyclic) bond motifs is 1. The molecule has 3 aromatic carbocycles. The number of carbonyl (C=O) groups excluding carboxylic acids is 1. The van der Waals surface area contributed by atoms with Crippen molar-refractivity contribution in [2.45, 2.75) is 13.8 Å². The molecule has 4 aromatic rings. The fraction of sp³-hybridized carbons (Fsp3) is 0.0909. The van der Waals surface area contributed by atoms with E-state index in [2.05, 4.69) is 10.3 Å². The van der Waals surface area contributed by atoms with Crippen molar-refractivity contribution in [3.63, 3.8) is 0 Å². The van der Waals surface area contributed by atoms with Crippen LogP contribution in [0, 0.1) is 13.8 Å². The highest BCUT2D eigenvalue weighted by molar-refractivity contribution is 6.04. The Bertz CT molecular complexity index is 1080. The summed E-state index contributed by atoms with van der Waals surface area (Å²) in [6.07, 6.45) is 0. The summed E-state index contributed by atoms with van der Waals surface area (Å²) in [7, 11) is 0. The minimum Gasteiger partial charge on any atom is -0.436 e. The number of aryl methyl sites for hydroxylation is 2. The van der Waals surface area contributed by atoms with Gasteiger partial charge in [-0.1, -0.05) is 35.4 Å². The molecule has 0 aliphatic rings. The lowest BCUT2D eigenvalue weighted by atomic mass is 10.1. The van der Waals surface area contributed by atoms with Gasteiger partial charge in [-0.15, -0.1) is 0 Å². The molecule has 0 radical (unpaired) electrons. The van der Waals surface area contributed by atoms with Crippen molar-refractivity contribution in [3.05, 3.63) is 83.4 Å². The first kappa shape index (κ1) is 16.1. The van der Waals surface area contributed by atoms with Crippen LogP contribution in [0.1, 0.15) is 21.5 Å². The quantitative estimate of drug-likeness (QED) is 0.545. The number of nitrogens with zero attached hydrogens (tertiary/aromatic N) is 1. The van der Waals surface area contributed by atoms with Gasteiger partial charge >= 0.3 is 0 Å². The fourth-order valence-electron chi connectivity index (χ4n) is 2.73. The van der Waals surface area contributed by atoms with Crippen LogP contribution in [-0.2, 0) is 0 Å². The zero-order valence-corrected chi connectivity index (χ0v) is 14.6. The summed E-state index contributed by atoms with van der Waals surface area (Å²) in [5.74, 6) is 0.425. The summed E-state index contributed by atoms with van der Waals surface area (Å²) in [5.41, 5.74) is 5.94. The molecule has 0 saturated carbocycles. The van der Waals surface area contributed by atoms with E-state index in [0.29, 0.717) is 28.2 Å². The minimum absolute atomic E-state index is 0.147. The maximum absolute atomic E-state index is 12.4. The summed E-state index contributed by atoms with van der Waals surface area (Å²) >= 11 is 0. The lowest BCUT2D eigenvalue weighted by Crippen LogP contribution is -2.11. The number of nitrogens with one attached hydrogen (secondary N) is 1. The Morgan fingerprint density at radius 3 is 2.23 bits per heavy atom. The molecule has 4 rings (SSSR count). The lowest BCUT2D eigenvalue weighted by Gasteiger charge is -2.05. The molecule has 0 bridgehead atoms. The van der Waals surface area contributed by atoms with Crippen LogP contribution in [0.5, 0.6) is 0 Å². The van der Waals surface area contributed by atoms with E-state index < -0.39 is 0 Å². The molecular formula is C22H18N2O2. The lowest BCUT2D eigenvalue weighted by molar-refractivity contribution is 0.102. The van der Waals surface area contributed by atoms with Crippen LogP contribution in [0.3, 0.4) is 0 Å². The molecule has 0 atom stereocenters. The smallest absolute Gasteiger partial charge is 0.255 e. The number of hydrogen-bond acceptors (Lipinski definition) is 3. The number of rotatable bonds is 3. The van der Waals surface area contributed by atoms with E-state index >= 15 is 0 Å². The molecule has 1 aromatic heterocycles. The number of aromatic nitrogens is 1. The van der Waals surface area contributed by atoms with Gasteiger partial charge in [-0.2, -0.15) is 0 Å². The molecule has 0 spiro atoms. The maximum Gasteiger partial charge on any atom is 0.255 e. The Kier molecular flexibility index (Phi) is 4.01. The predicted octanol–water partition coefficient (Wildman–Crippen LogP) is 5.36. The second-order valence-electron chi connectivity index (χ2n) is 6.39. The van der Waals surface area contributed by atoms with Gasteiger partial charge in [0.25, 0.3) is 5.91 Å². The van der Waals surface area contributed by atoms with E-state index in [1.165, 1.54) is 5.56 Å². The predicted molar refractivity (Wildman–Crippen MR) is 103 cm³/mol. The highest BCUT2D eigenvalue weighted by Gasteiger charge is 2.11. The SMILES string of the molecule is Cc1ccc(C(=O)Nc2ccc3oc(-c4ccc(C)cc4)nc3c2)cc1. The standard InChI is InChI=1S/C22H18N2O2/c1-14-3-7-16(8-4-14)21(25)23-18-11-12-20-19(13-18)24-22(26-20)17-9-5-15(2)6-10-17/h3-13H,1-2H3,(H,23,25). The van der Waals surface area contributed by atoms with Crippen LogP contribution < -0.4 is 5.32 Å². The summed E-state index contributed by atoms with van der Waals surface area (Å²) in [6, 6.07) is 21.0. The molecule has 1 amide bonds. The Labute approximate surface area is 151 Å². The molecular weight excluding hydrogens is 324 g/mol. The van der Waals surface area contributed by atoms with Gasteiger partial charge in [-0.25, -0.2) is 4.98 Å². The summed E-state index contributed by atoms with van der Waals surface area (Å²) in [4.78, 5) is 16.9. The number of oxazole rings is 1. The van der Waals surface area contributed by atoms with Crippen LogP contribution in [0.2, 0.25) is 0 Å². The molecule has 128 valence electrons. The summed E-state index contributed by atoms with van der Waals surface area (Å²) in [6.45, 7) is 4.03. The third-order valence-corrected chi connectivity index (χ3v) is 4.26. The van der Waals surface area contributed by atoms with Gasteiger partial charge in [-0.3, -0.25) is 4.79 Å². The third-order valence-electron chi connectivity index (χ3n) is 4.26. The van der Waals surface area contributed by atoms with Gasteiger partial charge in [0.2, 0.25) is 5.89 Å². The normalized spacial score (nSPS) is 10.8. The molecule has 26 heavy (non-hydrogen) atoms. The monoisotopic (exact) mass is 342 g/mol. The third kappa shape index (κ3) is 3.22. The van der Waals surface area contributed by atoms with Gasteiger partial charge in [0.05, 0.1) is 0 Å². The van der Waals surface area contributed by atoms with E-state index in [-0.39, 0.29) is 5.91 Å². The first-order chi connectivity index (χ1) is 12.6. The van der Waals surface area contributed by atoms with Crippen molar-refractivity contribution >= 4 is 22.7 Å². The number of benzene rings is 3. The van der Waals surface area contributed by atoms with Gasteiger partial charge in [0, 0.05) is 16.8 Å². The Hall–Kier alpha value is -3.40. The molecule has 0 saturated heterocycles. The second-order valence-corrected chi connectivity index (χ2v) is 6.39. The molecule has 0 unspecified atom stereocenters. The van der Waals surface area contributed by atoms with E-state index in [9.17, 15) is 4.79 Å². The van der Waals surface area contributed by atoms with Gasteiger partial charge in [-0.05, 0) is 56.3 Å². The molecule has 0 aliphatic carbocycles. The van der Waals surface area contributed by atoms with Crippen molar-refractivity contribution in [2.24, 2.45) is 0 Å². The van der Waals surface area contributed by atoms with E-state index in [4.69, 9.17) is 4.42 Å². The van der Waals surface area contributed by atoms with Crippen LogP contribution in [-0.4, -0.2) is 10.9 Å². The van der Waals surface area contributed by atoms with Crippen LogP contribution in [0.4, 0.5) is 5.69 Å². The van der Waals surface area contributed by atoms with Crippen molar-refractivity contribution in [1.82, 2.24) is 4.98 Å². The Morgan fingerprint density at radius 1 is 0.885 bits per heavy atom. The molecule has 0 aliphatic heterocycles. The van der Waals surface area contributed by atoms with E-state index in [0.717, 1.165) is 11.1 Å². The summed E-state index contributed by atoms with van der Waals surface area (Å²) in [5, 5.41) is 2.91. The second kappa shape index (κ2) is 6.48. The van der Waals surface area contributed by atoms with Crippen molar-refractivity contribution in [2.75, 3.05) is 5.32 Å². The molecule has 4 heteroatoms. The minimum atomic E-state index is -0.147. The molecule has 4 nitrogen and oxygen atoms in total. The highest BCUT2D eigenvalue weighted by atomic mass is 16.3. The zero-order chi connectivity index (χ0) is 18.1. The zero-order valence-electron chi connectivity index (χ0n) is 14.6. The number of amides is 1. The highest BCUT2D eigenvalue weighted by Crippen LogP contribution is 2.26. The van der Waals surface area contributed by atoms with Crippen molar-refractivity contribution in [1.29, 1.82) is 0 Å². The fourth-order valence-corrected chi connectivity index (χ4v) is 2.73. The number of anilines is 1. The van der Waals surface area contributed by atoms with Crippen molar-refractivity contribution in [3.8, 4) is 11.5 Å². The Balaban J connectivity index is 1.60. The molecule has 1 heterocycles. The first-order valence-electron chi connectivity index (χ1n) is 8.44. The van der Waals surface area contributed by atoms with Gasteiger partial charge in [0.15, 0.2) is 5.58 Å². The van der Waals surface area contributed by atoms with E-state index in [1.807, 2.05) is 80.6 Å². The molecule has 1 N–H and O–H groups in total. The summed E-state index contributed by atoms with van der Waals surface area (Å²) < 4.78 is 5.83.